The number of fused-ring (bicyclic) bond motifs is 2. The fourth-order valence-electron chi connectivity index (χ4n) is 4.73. The van der Waals surface area contributed by atoms with Gasteiger partial charge in [-0.25, -0.2) is 4.39 Å². The number of nitrogens with zero attached hydrogens (tertiary/aromatic N) is 2. The van der Waals surface area contributed by atoms with Gasteiger partial charge >= 0.3 is 0 Å². The molecule has 0 unspecified atom stereocenters. The second-order valence-electron chi connectivity index (χ2n) is 8.56. The summed E-state index contributed by atoms with van der Waals surface area (Å²) in [5.41, 5.74) is 2.91. The highest BCUT2D eigenvalue weighted by Crippen LogP contribution is 2.26. The Bertz CT molecular complexity index is 1140. The second-order valence-corrected chi connectivity index (χ2v) is 8.56. The molecular formula is C26H27FN2O. The van der Waals surface area contributed by atoms with Crippen molar-refractivity contribution in [2.75, 3.05) is 13.1 Å². The van der Waals surface area contributed by atoms with Gasteiger partial charge in [0.2, 0.25) is 0 Å². The maximum atomic E-state index is 13.3. The van der Waals surface area contributed by atoms with E-state index in [1.165, 1.54) is 60.8 Å². The first-order chi connectivity index (χ1) is 14.7. The van der Waals surface area contributed by atoms with Crippen LogP contribution in [0, 0.1) is 11.7 Å². The minimum absolute atomic E-state index is 0.277. The van der Waals surface area contributed by atoms with E-state index in [2.05, 4.69) is 52.5 Å². The fraction of sp³-hybridized carbons (Fsp3) is 0.346. The smallest absolute Gasteiger partial charge is 0.170 e. The van der Waals surface area contributed by atoms with Crippen LogP contribution in [0.3, 0.4) is 0 Å². The number of hydrogen-bond donors (Lipinski definition) is 0. The molecule has 0 amide bonds. The Kier molecular flexibility index (Phi) is 5.50. The third kappa shape index (κ3) is 4.24. The molecule has 4 aromatic rings. The first-order valence-corrected chi connectivity index (χ1v) is 11.0. The second kappa shape index (κ2) is 8.57. The zero-order valence-corrected chi connectivity index (χ0v) is 17.2. The number of piperidine rings is 1. The van der Waals surface area contributed by atoms with Gasteiger partial charge in [-0.1, -0.05) is 41.6 Å². The van der Waals surface area contributed by atoms with Crippen LogP contribution in [0.5, 0.6) is 0 Å². The highest BCUT2D eigenvalue weighted by atomic mass is 19.1. The molecule has 0 bridgehead atoms. The first kappa shape index (κ1) is 19.3. The maximum absolute atomic E-state index is 13.3. The zero-order chi connectivity index (χ0) is 20.3. The molecule has 3 aromatic carbocycles. The third-order valence-corrected chi connectivity index (χ3v) is 6.46. The highest BCUT2D eigenvalue weighted by Gasteiger charge is 2.19. The Morgan fingerprint density at radius 2 is 1.80 bits per heavy atom. The Morgan fingerprint density at radius 1 is 0.967 bits per heavy atom. The summed E-state index contributed by atoms with van der Waals surface area (Å²) in [4.78, 5) is 2.58. The Morgan fingerprint density at radius 3 is 2.67 bits per heavy atom. The topological polar surface area (TPSA) is 29.3 Å². The van der Waals surface area contributed by atoms with E-state index < -0.39 is 0 Å². The summed E-state index contributed by atoms with van der Waals surface area (Å²) >= 11 is 0. The van der Waals surface area contributed by atoms with E-state index in [4.69, 9.17) is 4.52 Å². The number of halogens is 1. The number of benzene rings is 3. The quantitative estimate of drug-likeness (QED) is 0.376. The summed E-state index contributed by atoms with van der Waals surface area (Å²) in [6, 6.07) is 20.1. The van der Waals surface area contributed by atoms with Crippen LogP contribution < -0.4 is 0 Å². The van der Waals surface area contributed by atoms with Gasteiger partial charge in [0.25, 0.3) is 0 Å². The van der Waals surface area contributed by atoms with E-state index in [9.17, 15) is 4.39 Å². The molecular weight excluding hydrogens is 375 g/mol. The van der Waals surface area contributed by atoms with Crippen LogP contribution in [0.25, 0.3) is 21.7 Å². The molecule has 1 fully saturated rings. The van der Waals surface area contributed by atoms with Crippen molar-refractivity contribution in [3.63, 3.8) is 0 Å². The van der Waals surface area contributed by atoms with Gasteiger partial charge in [0, 0.05) is 18.0 Å². The van der Waals surface area contributed by atoms with Crippen LogP contribution in [-0.4, -0.2) is 23.1 Å². The number of likely N-dealkylation sites (tertiary alicyclic amines) is 1. The summed E-state index contributed by atoms with van der Waals surface area (Å²) in [5, 5.41) is 7.73. The van der Waals surface area contributed by atoms with Gasteiger partial charge in [-0.2, -0.15) is 0 Å². The minimum Gasteiger partial charge on any atom is -0.356 e. The van der Waals surface area contributed by atoms with Crippen LogP contribution in [0.4, 0.5) is 4.39 Å². The number of aromatic nitrogens is 1. The predicted molar refractivity (Wildman–Crippen MR) is 119 cm³/mol. The molecule has 0 N–H and O–H groups in total. The van der Waals surface area contributed by atoms with Gasteiger partial charge in [0.05, 0.1) is 5.69 Å². The van der Waals surface area contributed by atoms with E-state index in [0.29, 0.717) is 5.58 Å². The molecule has 0 spiro atoms. The molecule has 2 heterocycles. The first-order valence-electron chi connectivity index (χ1n) is 11.0. The molecule has 0 saturated carbocycles. The lowest BCUT2D eigenvalue weighted by Crippen LogP contribution is -2.33. The molecule has 1 saturated heterocycles. The van der Waals surface area contributed by atoms with E-state index in [-0.39, 0.29) is 5.82 Å². The minimum atomic E-state index is -0.277. The molecule has 154 valence electrons. The standard InChI is InChI=1S/C26H27FN2O/c27-23-10-11-24-25(28-30-26(24)17-23)7-3-4-19-12-14-29(15-13-19)18-20-8-9-21-5-1-2-6-22(21)16-20/h1-2,5-6,8-11,16-17,19H,3-4,7,12-15,18H2. The molecule has 0 radical (unpaired) electrons. The molecule has 3 nitrogen and oxygen atoms in total. The van der Waals surface area contributed by atoms with E-state index in [1.54, 1.807) is 6.07 Å². The third-order valence-electron chi connectivity index (χ3n) is 6.46. The zero-order valence-electron chi connectivity index (χ0n) is 17.2. The largest absolute Gasteiger partial charge is 0.356 e. The van der Waals surface area contributed by atoms with Crippen LogP contribution >= 0.6 is 0 Å². The van der Waals surface area contributed by atoms with Crippen molar-refractivity contribution in [2.24, 2.45) is 5.92 Å². The van der Waals surface area contributed by atoms with Gasteiger partial charge in [0.1, 0.15) is 5.82 Å². The molecule has 4 heteroatoms. The van der Waals surface area contributed by atoms with Gasteiger partial charge in [-0.15, -0.1) is 0 Å². The van der Waals surface area contributed by atoms with Crippen molar-refractivity contribution in [1.29, 1.82) is 0 Å². The summed E-state index contributed by atoms with van der Waals surface area (Å²) in [6.45, 7) is 3.38. The number of hydrogen-bond acceptors (Lipinski definition) is 3. The van der Waals surface area contributed by atoms with Crippen LogP contribution in [-0.2, 0) is 13.0 Å². The van der Waals surface area contributed by atoms with Crippen LogP contribution in [0.2, 0.25) is 0 Å². The summed E-state index contributed by atoms with van der Waals surface area (Å²) in [5.74, 6) is 0.508. The molecule has 5 rings (SSSR count). The highest BCUT2D eigenvalue weighted by molar-refractivity contribution is 5.83. The normalized spacial score (nSPS) is 15.9. The lowest BCUT2D eigenvalue weighted by atomic mass is 9.91. The van der Waals surface area contributed by atoms with Gasteiger partial charge in [0.15, 0.2) is 5.58 Å². The molecule has 0 atom stereocenters. The van der Waals surface area contributed by atoms with Crippen molar-refractivity contribution in [3.8, 4) is 0 Å². The van der Waals surface area contributed by atoms with E-state index in [1.807, 2.05) is 0 Å². The van der Waals surface area contributed by atoms with Crippen LogP contribution in [0.15, 0.2) is 65.2 Å². The summed E-state index contributed by atoms with van der Waals surface area (Å²) in [6.07, 6.45) is 5.75. The Labute approximate surface area is 176 Å². The lowest BCUT2D eigenvalue weighted by molar-refractivity contribution is 0.171. The van der Waals surface area contributed by atoms with E-state index >= 15 is 0 Å². The monoisotopic (exact) mass is 402 g/mol. The predicted octanol–water partition coefficient (Wildman–Crippen LogP) is 6.36. The summed E-state index contributed by atoms with van der Waals surface area (Å²) in [7, 11) is 0. The average Bonchev–Trinajstić information content (AvgIpc) is 3.17. The van der Waals surface area contributed by atoms with Gasteiger partial charge < -0.3 is 4.52 Å². The average molecular weight is 403 g/mol. The van der Waals surface area contributed by atoms with Gasteiger partial charge in [-0.05, 0) is 85.6 Å². The molecule has 30 heavy (non-hydrogen) atoms. The number of aryl methyl sites for hydroxylation is 1. The van der Waals surface area contributed by atoms with Crippen molar-refractivity contribution in [3.05, 3.63) is 77.7 Å². The molecule has 1 aliphatic rings. The molecule has 0 aliphatic carbocycles. The SMILES string of the molecule is Fc1ccc2c(CCCC3CCN(Cc4ccc5ccccc5c4)CC3)noc2c1. The molecule has 1 aromatic heterocycles. The lowest BCUT2D eigenvalue weighted by Gasteiger charge is -2.32. The van der Waals surface area contributed by atoms with Crippen molar-refractivity contribution in [1.82, 2.24) is 10.1 Å². The van der Waals surface area contributed by atoms with Crippen molar-refractivity contribution < 1.29 is 8.91 Å². The Balaban J connectivity index is 1.10. The fourth-order valence-corrected chi connectivity index (χ4v) is 4.73. The number of rotatable bonds is 6. The Hall–Kier alpha value is -2.72. The van der Waals surface area contributed by atoms with Crippen LogP contribution in [0.1, 0.15) is 36.9 Å². The maximum Gasteiger partial charge on any atom is 0.170 e. The van der Waals surface area contributed by atoms with Crippen molar-refractivity contribution >= 4 is 21.7 Å². The van der Waals surface area contributed by atoms with Crippen molar-refractivity contribution in [2.45, 2.75) is 38.6 Å². The summed E-state index contributed by atoms with van der Waals surface area (Å²) < 4.78 is 18.6. The van der Waals surface area contributed by atoms with E-state index in [0.717, 1.165) is 36.4 Å². The van der Waals surface area contributed by atoms with Gasteiger partial charge in [-0.3, -0.25) is 4.90 Å². The molecule has 1 aliphatic heterocycles.